The first-order valence-corrected chi connectivity index (χ1v) is 9.00. The number of nitrogens with zero attached hydrogens (tertiary/aromatic N) is 4. The summed E-state index contributed by atoms with van der Waals surface area (Å²) >= 11 is 1.62. The van der Waals surface area contributed by atoms with Gasteiger partial charge in [0, 0.05) is 24.6 Å². The van der Waals surface area contributed by atoms with Crippen molar-refractivity contribution in [3.8, 4) is 5.69 Å². The molecule has 1 aliphatic rings. The van der Waals surface area contributed by atoms with Gasteiger partial charge in [0.15, 0.2) is 0 Å². The van der Waals surface area contributed by atoms with Crippen LogP contribution >= 0.6 is 12.8 Å². The lowest BCUT2D eigenvalue weighted by atomic mass is 10.0. The zero-order valence-electron chi connectivity index (χ0n) is 13.1. The second-order valence-corrected chi connectivity index (χ2v) is 7.03. The highest BCUT2D eigenvalue weighted by molar-refractivity contribution is 7.93. The van der Waals surface area contributed by atoms with Crippen molar-refractivity contribution in [3.63, 3.8) is 0 Å². The molecular weight excluding hydrogens is 364 g/mol. The van der Waals surface area contributed by atoms with Gasteiger partial charge in [-0.2, -0.15) is 0 Å². The molecule has 1 saturated heterocycles. The third kappa shape index (κ3) is 3.66. The van der Waals surface area contributed by atoms with Crippen LogP contribution in [0, 0.1) is 0 Å². The number of anilines is 1. The van der Waals surface area contributed by atoms with E-state index in [1.807, 2.05) is 0 Å². The fourth-order valence-electron chi connectivity index (χ4n) is 2.77. The van der Waals surface area contributed by atoms with Crippen LogP contribution in [0.5, 0.6) is 0 Å². The average Bonchev–Trinajstić information content (AvgIpc) is 2.62. The van der Waals surface area contributed by atoms with Crippen LogP contribution in [0.1, 0.15) is 12.8 Å². The fraction of sp³-hybridized carbons (Fsp3) is 0.267. The molecule has 8 nitrogen and oxygen atoms in total. The second-order valence-electron chi connectivity index (χ2n) is 5.47. The van der Waals surface area contributed by atoms with Crippen molar-refractivity contribution < 1.29 is 13.6 Å². The van der Waals surface area contributed by atoms with E-state index in [9.17, 15) is 13.8 Å². The highest BCUT2D eigenvalue weighted by atomic mass is 32.2. The minimum Gasteiger partial charge on any atom is -0.311 e. The molecule has 0 saturated carbocycles. The molecule has 1 fully saturated rings. The third-order valence-corrected chi connectivity index (χ3v) is 5.26. The summed E-state index contributed by atoms with van der Waals surface area (Å²) in [6, 6.07) is 7.80. The van der Waals surface area contributed by atoms with Crippen molar-refractivity contribution in [2.45, 2.75) is 18.9 Å². The first-order valence-electron chi connectivity index (χ1n) is 7.53. The van der Waals surface area contributed by atoms with Gasteiger partial charge in [-0.25, -0.2) is 14.0 Å². The molecule has 132 valence electrons. The molecule has 1 aromatic heterocycles. The van der Waals surface area contributed by atoms with Gasteiger partial charge in [-0.05, 0) is 43.2 Å². The summed E-state index contributed by atoms with van der Waals surface area (Å²) < 4.78 is 22.6. The average molecular weight is 380 g/mol. The van der Waals surface area contributed by atoms with Crippen LogP contribution in [0.15, 0.2) is 47.5 Å². The Morgan fingerprint density at radius 3 is 2.56 bits per heavy atom. The Balaban J connectivity index is 1.84. The Labute approximate surface area is 152 Å². The lowest BCUT2D eigenvalue weighted by molar-refractivity contribution is -0.122. The standard InChI is InChI=1S/C15H16N4O4S2/c20-14-13(19(24)25(22)23)3-1-9-17(14)11-4-6-12(7-5-11)18-10-2-8-16-15(18)21/h2,4-8,10,13,24H,1,3,9H2,(H,22,23). The topological polar surface area (TPSA) is 95.7 Å². The van der Waals surface area contributed by atoms with Gasteiger partial charge in [-0.15, -0.1) is 3.71 Å². The smallest absolute Gasteiger partial charge is 0.311 e. The quantitative estimate of drug-likeness (QED) is 0.610. The van der Waals surface area contributed by atoms with E-state index in [1.54, 1.807) is 41.4 Å². The number of thiol groups is 1. The molecule has 1 aliphatic heterocycles. The van der Waals surface area contributed by atoms with Crippen LogP contribution in [-0.4, -0.2) is 40.5 Å². The monoisotopic (exact) mass is 380 g/mol. The molecule has 3 rings (SSSR count). The largest absolute Gasteiger partial charge is 0.352 e. The van der Waals surface area contributed by atoms with Crippen LogP contribution in [0.4, 0.5) is 5.69 Å². The summed E-state index contributed by atoms with van der Waals surface area (Å²) in [5, 5.41) is 0. The number of carbonyl (C=O) groups excluding carboxylic acids is 1. The zero-order valence-corrected chi connectivity index (χ0v) is 14.8. The highest BCUT2D eigenvalue weighted by Gasteiger charge is 2.35. The van der Waals surface area contributed by atoms with E-state index >= 15 is 0 Å². The van der Waals surface area contributed by atoms with Gasteiger partial charge in [0.05, 0.1) is 5.69 Å². The predicted octanol–water partition coefficient (Wildman–Crippen LogP) is 1.01. The molecule has 0 aliphatic carbocycles. The lowest BCUT2D eigenvalue weighted by Crippen LogP contribution is -2.50. The summed E-state index contributed by atoms with van der Waals surface area (Å²) in [6.07, 6.45) is 4.19. The summed E-state index contributed by atoms with van der Waals surface area (Å²) in [5.74, 6) is -0.282. The van der Waals surface area contributed by atoms with Crippen LogP contribution in [0.3, 0.4) is 0 Å². The fourth-order valence-corrected chi connectivity index (χ4v) is 3.40. The third-order valence-electron chi connectivity index (χ3n) is 3.99. The maximum atomic E-state index is 12.6. The molecule has 2 aromatic rings. The Morgan fingerprint density at radius 1 is 1.24 bits per heavy atom. The first kappa shape index (κ1) is 17.8. The summed E-state index contributed by atoms with van der Waals surface area (Å²) in [5.41, 5.74) is 0.900. The molecule has 2 heterocycles. The predicted molar refractivity (Wildman–Crippen MR) is 96.8 cm³/mol. The van der Waals surface area contributed by atoms with E-state index in [0.717, 1.165) is 3.71 Å². The molecule has 25 heavy (non-hydrogen) atoms. The minimum absolute atomic E-state index is 0.282. The van der Waals surface area contributed by atoms with E-state index in [2.05, 4.69) is 17.8 Å². The Morgan fingerprint density at radius 2 is 1.92 bits per heavy atom. The molecule has 0 spiro atoms. The van der Waals surface area contributed by atoms with Gasteiger partial charge in [-0.3, -0.25) is 13.9 Å². The number of hydrogen-bond donors (Lipinski definition) is 2. The number of piperidine rings is 1. The number of amides is 1. The van der Waals surface area contributed by atoms with Crippen molar-refractivity contribution in [1.29, 1.82) is 0 Å². The van der Waals surface area contributed by atoms with Crippen LogP contribution in [-0.2, 0) is 16.1 Å². The minimum atomic E-state index is -2.33. The molecule has 0 bridgehead atoms. The van der Waals surface area contributed by atoms with E-state index < -0.39 is 17.3 Å². The molecule has 1 aromatic carbocycles. The summed E-state index contributed by atoms with van der Waals surface area (Å²) in [4.78, 5) is 29.6. The van der Waals surface area contributed by atoms with Crippen molar-refractivity contribution in [1.82, 2.24) is 13.3 Å². The second kappa shape index (κ2) is 7.48. The van der Waals surface area contributed by atoms with Crippen molar-refractivity contribution in [2.24, 2.45) is 0 Å². The normalized spacial score (nSPS) is 19.2. The molecule has 1 amide bonds. The van der Waals surface area contributed by atoms with Gasteiger partial charge in [-0.1, -0.05) is 12.8 Å². The molecule has 1 N–H and O–H groups in total. The molecule has 2 atom stereocenters. The summed E-state index contributed by atoms with van der Waals surface area (Å²) in [6.45, 7) is 0.515. The maximum Gasteiger partial charge on any atom is 0.352 e. The highest BCUT2D eigenvalue weighted by Crippen LogP contribution is 2.25. The van der Waals surface area contributed by atoms with Gasteiger partial charge in [0.1, 0.15) is 6.04 Å². The molecule has 0 radical (unpaired) electrons. The van der Waals surface area contributed by atoms with Gasteiger partial charge in [0.2, 0.25) is 17.2 Å². The molecular formula is C15H16N4O4S2. The Hall–Kier alpha value is -2.01. The first-order chi connectivity index (χ1) is 12.0. The van der Waals surface area contributed by atoms with Gasteiger partial charge < -0.3 is 4.90 Å². The summed E-state index contributed by atoms with van der Waals surface area (Å²) in [7, 11) is 0. The maximum absolute atomic E-state index is 12.6. The van der Waals surface area contributed by atoms with Crippen molar-refractivity contribution >= 4 is 35.7 Å². The van der Waals surface area contributed by atoms with Crippen LogP contribution in [0.25, 0.3) is 5.69 Å². The SMILES string of the molecule is O=C1C(N(S)S(=O)O)CCCN1c1ccc(-n2cccnc2=O)cc1. The Kier molecular flexibility index (Phi) is 5.33. The van der Waals surface area contributed by atoms with E-state index in [1.165, 1.54) is 10.8 Å². The zero-order chi connectivity index (χ0) is 18.0. The van der Waals surface area contributed by atoms with Gasteiger partial charge in [0.25, 0.3) is 0 Å². The van der Waals surface area contributed by atoms with Crippen molar-refractivity contribution in [3.05, 3.63) is 53.2 Å². The van der Waals surface area contributed by atoms with Crippen LogP contribution in [0.2, 0.25) is 0 Å². The number of carbonyl (C=O) groups is 1. The van der Waals surface area contributed by atoms with Crippen molar-refractivity contribution in [2.75, 3.05) is 11.4 Å². The van der Waals surface area contributed by atoms with Gasteiger partial charge >= 0.3 is 5.69 Å². The number of benzene rings is 1. The number of hydrogen-bond acceptors (Lipinski definition) is 5. The lowest BCUT2D eigenvalue weighted by Gasteiger charge is -2.34. The van der Waals surface area contributed by atoms with E-state index in [-0.39, 0.29) is 11.6 Å². The van der Waals surface area contributed by atoms with E-state index in [0.29, 0.717) is 30.8 Å². The van der Waals surface area contributed by atoms with E-state index in [4.69, 9.17) is 4.55 Å². The molecule has 2 unspecified atom stereocenters. The number of aromatic nitrogens is 2. The Bertz CT molecular complexity index is 855. The number of rotatable bonds is 4. The van der Waals surface area contributed by atoms with Crippen LogP contribution < -0.4 is 10.6 Å². The molecule has 10 heteroatoms.